The average molecular weight is 358 g/mol. The highest BCUT2D eigenvalue weighted by Crippen LogP contribution is 2.28. The van der Waals surface area contributed by atoms with Crippen LogP contribution < -0.4 is 5.73 Å². The second kappa shape index (κ2) is 6.87. The zero-order valence-electron chi connectivity index (χ0n) is 11.1. The van der Waals surface area contributed by atoms with Crippen molar-refractivity contribution >= 4 is 22.6 Å². The molecule has 18 heavy (non-hydrogen) atoms. The quantitative estimate of drug-likeness (QED) is 0.838. The molecule has 2 atom stereocenters. The topological polar surface area (TPSA) is 29.3 Å². The van der Waals surface area contributed by atoms with Crippen molar-refractivity contribution in [3.05, 3.63) is 33.4 Å². The van der Waals surface area contributed by atoms with Gasteiger partial charge in [-0.1, -0.05) is 25.0 Å². The Hall–Kier alpha value is -0.130. The SMILES string of the molecule is CN(Cc1ccc(I)cc1)C1CCCCC1CN. The molecule has 0 saturated heterocycles. The van der Waals surface area contributed by atoms with Gasteiger partial charge in [-0.15, -0.1) is 0 Å². The van der Waals surface area contributed by atoms with E-state index in [1.165, 1.54) is 34.8 Å². The van der Waals surface area contributed by atoms with E-state index >= 15 is 0 Å². The van der Waals surface area contributed by atoms with Crippen molar-refractivity contribution < 1.29 is 0 Å². The summed E-state index contributed by atoms with van der Waals surface area (Å²) in [7, 11) is 2.25. The molecule has 0 aromatic heterocycles. The zero-order valence-corrected chi connectivity index (χ0v) is 13.3. The van der Waals surface area contributed by atoms with E-state index in [1.54, 1.807) is 0 Å². The monoisotopic (exact) mass is 358 g/mol. The lowest BCUT2D eigenvalue weighted by atomic mass is 9.83. The molecule has 2 nitrogen and oxygen atoms in total. The minimum absolute atomic E-state index is 0.669. The molecule has 2 unspecified atom stereocenters. The summed E-state index contributed by atoms with van der Waals surface area (Å²) in [4.78, 5) is 2.50. The molecule has 0 heterocycles. The molecule has 3 heteroatoms. The molecule has 1 aliphatic carbocycles. The Bertz CT molecular complexity index is 363. The lowest BCUT2D eigenvalue weighted by Crippen LogP contribution is -2.42. The van der Waals surface area contributed by atoms with E-state index < -0.39 is 0 Å². The fourth-order valence-electron chi connectivity index (χ4n) is 3.04. The molecule has 0 spiro atoms. The van der Waals surface area contributed by atoms with Gasteiger partial charge in [0.15, 0.2) is 0 Å². The van der Waals surface area contributed by atoms with E-state index in [4.69, 9.17) is 5.73 Å². The molecule has 1 aliphatic rings. The molecule has 100 valence electrons. The fourth-order valence-corrected chi connectivity index (χ4v) is 3.40. The Morgan fingerprint density at radius 1 is 1.22 bits per heavy atom. The standard InChI is InChI=1S/C15H23IN2/c1-18(11-12-6-8-14(16)9-7-12)15-5-3-2-4-13(15)10-17/h6-9,13,15H,2-5,10-11,17H2,1H3. The van der Waals surface area contributed by atoms with Crippen molar-refractivity contribution in [1.82, 2.24) is 4.90 Å². The van der Waals surface area contributed by atoms with Crippen LogP contribution in [0.5, 0.6) is 0 Å². The van der Waals surface area contributed by atoms with Crippen LogP contribution in [0.3, 0.4) is 0 Å². The average Bonchev–Trinajstić information content (AvgIpc) is 2.41. The number of hydrogen-bond acceptors (Lipinski definition) is 2. The van der Waals surface area contributed by atoms with Gasteiger partial charge in [0.05, 0.1) is 0 Å². The van der Waals surface area contributed by atoms with Crippen molar-refractivity contribution in [2.75, 3.05) is 13.6 Å². The zero-order chi connectivity index (χ0) is 13.0. The largest absolute Gasteiger partial charge is 0.330 e. The molecule has 2 rings (SSSR count). The summed E-state index contributed by atoms with van der Waals surface area (Å²) in [5.74, 6) is 0.688. The van der Waals surface area contributed by atoms with Gasteiger partial charge >= 0.3 is 0 Å². The Morgan fingerprint density at radius 3 is 2.56 bits per heavy atom. The van der Waals surface area contributed by atoms with E-state index in [0.717, 1.165) is 13.1 Å². The molecule has 0 aliphatic heterocycles. The Labute approximate surface area is 124 Å². The Balaban J connectivity index is 1.97. The van der Waals surface area contributed by atoms with Gasteiger partial charge in [0.2, 0.25) is 0 Å². The van der Waals surface area contributed by atoms with Crippen LogP contribution >= 0.6 is 22.6 Å². The first-order chi connectivity index (χ1) is 8.70. The van der Waals surface area contributed by atoms with Crippen LogP contribution in [0.1, 0.15) is 31.2 Å². The summed E-state index contributed by atoms with van der Waals surface area (Å²) < 4.78 is 1.30. The lowest BCUT2D eigenvalue weighted by molar-refractivity contribution is 0.127. The molecule has 2 N–H and O–H groups in total. The number of hydrogen-bond donors (Lipinski definition) is 1. The van der Waals surface area contributed by atoms with Gasteiger partial charge in [0.1, 0.15) is 0 Å². The van der Waals surface area contributed by atoms with Crippen molar-refractivity contribution in [2.24, 2.45) is 11.7 Å². The van der Waals surface area contributed by atoms with Crippen molar-refractivity contribution in [3.8, 4) is 0 Å². The molecule has 1 aromatic carbocycles. The van der Waals surface area contributed by atoms with Gasteiger partial charge in [-0.3, -0.25) is 4.90 Å². The third-order valence-electron chi connectivity index (χ3n) is 4.08. The van der Waals surface area contributed by atoms with E-state index in [9.17, 15) is 0 Å². The summed E-state index contributed by atoms with van der Waals surface area (Å²) in [5, 5.41) is 0. The van der Waals surface area contributed by atoms with Crippen LogP contribution in [0.4, 0.5) is 0 Å². The van der Waals surface area contributed by atoms with Crippen LogP contribution in [-0.4, -0.2) is 24.5 Å². The predicted octanol–water partition coefficient (Wildman–Crippen LogP) is 3.24. The maximum Gasteiger partial charge on any atom is 0.0233 e. The van der Waals surface area contributed by atoms with Crippen LogP contribution in [0, 0.1) is 9.49 Å². The molecule has 1 saturated carbocycles. The molecule has 0 bridgehead atoms. The number of halogens is 1. The van der Waals surface area contributed by atoms with Crippen molar-refractivity contribution in [1.29, 1.82) is 0 Å². The predicted molar refractivity (Wildman–Crippen MR) is 85.4 cm³/mol. The van der Waals surface area contributed by atoms with Gasteiger partial charge in [-0.2, -0.15) is 0 Å². The molecular weight excluding hydrogens is 335 g/mol. The fraction of sp³-hybridized carbons (Fsp3) is 0.600. The lowest BCUT2D eigenvalue weighted by Gasteiger charge is -2.37. The first-order valence-electron chi connectivity index (χ1n) is 6.85. The van der Waals surface area contributed by atoms with Crippen LogP contribution in [0.2, 0.25) is 0 Å². The van der Waals surface area contributed by atoms with Gasteiger partial charge in [0, 0.05) is 16.2 Å². The second-order valence-corrected chi connectivity index (χ2v) is 6.63. The summed E-state index contributed by atoms with van der Waals surface area (Å²) in [6.07, 6.45) is 5.33. The Morgan fingerprint density at radius 2 is 1.89 bits per heavy atom. The van der Waals surface area contributed by atoms with Gasteiger partial charge < -0.3 is 5.73 Å². The minimum atomic E-state index is 0.669. The van der Waals surface area contributed by atoms with E-state index in [1.807, 2.05) is 0 Å². The summed E-state index contributed by atoms with van der Waals surface area (Å²) >= 11 is 2.35. The molecule has 0 amide bonds. The third-order valence-corrected chi connectivity index (χ3v) is 4.80. The maximum absolute atomic E-state index is 5.92. The highest BCUT2D eigenvalue weighted by Gasteiger charge is 2.26. The van der Waals surface area contributed by atoms with Gasteiger partial charge in [-0.25, -0.2) is 0 Å². The number of benzene rings is 1. The molecule has 0 radical (unpaired) electrons. The molecule has 1 fully saturated rings. The first kappa shape index (κ1) is 14.3. The number of nitrogens with zero attached hydrogens (tertiary/aromatic N) is 1. The molecule has 1 aromatic rings. The number of rotatable bonds is 4. The first-order valence-corrected chi connectivity index (χ1v) is 7.93. The van der Waals surface area contributed by atoms with Crippen molar-refractivity contribution in [2.45, 2.75) is 38.3 Å². The van der Waals surface area contributed by atoms with Crippen LogP contribution in [-0.2, 0) is 6.54 Å². The molecular formula is C15H23IN2. The highest BCUT2D eigenvalue weighted by molar-refractivity contribution is 14.1. The van der Waals surface area contributed by atoms with E-state index in [2.05, 4.69) is 58.8 Å². The second-order valence-electron chi connectivity index (χ2n) is 5.39. The smallest absolute Gasteiger partial charge is 0.0233 e. The minimum Gasteiger partial charge on any atom is -0.330 e. The summed E-state index contributed by atoms with van der Waals surface area (Å²) in [6, 6.07) is 9.51. The third kappa shape index (κ3) is 3.68. The summed E-state index contributed by atoms with van der Waals surface area (Å²) in [5.41, 5.74) is 7.32. The maximum atomic E-state index is 5.92. The van der Waals surface area contributed by atoms with E-state index in [0.29, 0.717) is 12.0 Å². The van der Waals surface area contributed by atoms with Crippen molar-refractivity contribution in [3.63, 3.8) is 0 Å². The highest BCUT2D eigenvalue weighted by atomic mass is 127. The van der Waals surface area contributed by atoms with Gasteiger partial charge in [-0.05, 0) is 72.6 Å². The van der Waals surface area contributed by atoms with Gasteiger partial charge in [0.25, 0.3) is 0 Å². The Kier molecular flexibility index (Phi) is 5.45. The van der Waals surface area contributed by atoms with E-state index in [-0.39, 0.29) is 0 Å². The van der Waals surface area contributed by atoms with Crippen LogP contribution in [0.25, 0.3) is 0 Å². The number of nitrogens with two attached hydrogens (primary N) is 1. The normalized spacial score (nSPS) is 24.4. The summed E-state index contributed by atoms with van der Waals surface area (Å²) in [6.45, 7) is 1.87. The van der Waals surface area contributed by atoms with Crippen LogP contribution in [0.15, 0.2) is 24.3 Å².